The van der Waals surface area contributed by atoms with Gasteiger partial charge in [-0.15, -0.1) is 24.5 Å². The van der Waals surface area contributed by atoms with Crippen molar-refractivity contribution in [1.29, 1.82) is 0 Å². The fourth-order valence-electron chi connectivity index (χ4n) is 2.66. The Balaban J connectivity index is 1.51. The molecule has 1 saturated heterocycles. The number of rotatable bonds is 4. The number of aromatic nitrogens is 1. The number of thiazole rings is 1. The van der Waals surface area contributed by atoms with Gasteiger partial charge in [0.2, 0.25) is 0 Å². The predicted molar refractivity (Wildman–Crippen MR) is 87.9 cm³/mol. The fraction of sp³-hybridized carbons (Fsp3) is 0.375. The van der Waals surface area contributed by atoms with Crippen LogP contribution < -0.4 is 15.0 Å². The van der Waals surface area contributed by atoms with Crippen molar-refractivity contribution in [2.24, 2.45) is 0 Å². The van der Waals surface area contributed by atoms with Crippen molar-refractivity contribution in [2.75, 3.05) is 18.0 Å². The van der Waals surface area contributed by atoms with E-state index in [4.69, 9.17) is 0 Å². The summed E-state index contributed by atoms with van der Waals surface area (Å²) in [5.41, 5.74) is 0.303. The number of piperidine rings is 1. The molecule has 134 valence electrons. The maximum absolute atomic E-state index is 12.2. The molecule has 3 rings (SSSR count). The van der Waals surface area contributed by atoms with E-state index in [0.717, 1.165) is 43.2 Å². The zero-order valence-electron chi connectivity index (χ0n) is 13.1. The number of hydrogen-bond donors (Lipinski definition) is 1. The highest BCUT2D eigenvalue weighted by Crippen LogP contribution is 2.24. The molecule has 1 aliphatic rings. The van der Waals surface area contributed by atoms with Crippen LogP contribution in [0.1, 0.15) is 23.2 Å². The Labute approximate surface area is 146 Å². The van der Waals surface area contributed by atoms with E-state index in [1.165, 1.54) is 12.1 Å². The molecule has 0 atom stereocenters. The molecular weight excluding hydrogens is 355 g/mol. The van der Waals surface area contributed by atoms with Crippen molar-refractivity contribution >= 4 is 22.4 Å². The van der Waals surface area contributed by atoms with Gasteiger partial charge in [0.15, 0.2) is 5.13 Å². The minimum absolute atomic E-state index is 0.0369. The third-order valence-electron chi connectivity index (χ3n) is 3.87. The molecule has 2 heterocycles. The van der Waals surface area contributed by atoms with E-state index in [1.807, 2.05) is 5.38 Å². The predicted octanol–water partition coefficient (Wildman–Crippen LogP) is 3.44. The van der Waals surface area contributed by atoms with E-state index >= 15 is 0 Å². The number of carbonyl (C=O) groups excluding carboxylic acids is 1. The number of carbonyl (C=O) groups is 1. The highest BCUT2D eigenvalue weighted by Gasteiger charge is 2.31. The van der Waals surface area contributed by atoms with Crippen molar-refractivity contribution < 1.29 is 22.7 Å². The van der Waals surface area contributed by atoms with Crippen molar-refractivity contribution in [3.05, 3.63) is 41.4 Å². The number of nitrogens with one attached hydrogen (secondary N) is 1. The fourth-order valence-corrected chi connectivity index (χ4v) is 3.36. The van der Waals surface area contributed by atoms with Crippen molar-refractivity contribution in [2.45, 2.75) is 25.2 Å². The van der Waals surface area contributed by atoms with Gasteiger partial charge in [0.1, 0.15) is 5.75 Å². The molecule has 0 spiro atoms. The second-order valence-corrected chi connectivity index (χ2v) is 6.49. The zero-order valence-corrected chi connectivity index (χ0v) is 13.9. The molecular formula is C16H16F3N3O2S. The first-order chi connectivity index (χ1) is 11.9. The van der Waals surface area contributed by atoms with E-state index in [2.05, 4.69) is 19.9 Å². The maximum atomic E-state index is 12.2. The summed E-state index contributed by atoms with van der Waals surface area (Å²) in [6, 6.07) is 4.94. The Morgan fingerprint density at radius 1 is 1.24 bits per heavy atom. The number of amides is 1. The van der Waals surface area contributed by atoms with Gasteiger partial charge in [0.25, 0.3) is 5.91 Å². The van der Waals surface area contributed by atoms with E-state index < -0.39 is 6.36 Å². The van der Waals surface area contributed by atoms with Crippen LogP contribution in [0.5, 0.6) is 5.75 Å². The standard InChI is InChI=1S/C16H16F3N3O2S/c17-16(18,19)24-13-3-1-11(2-4-13)14(23)21-12-5-8-22(9-6-12)15-20-7-10-25-15/h1-4,7,10,12H,5-6,8-9H2,(H,21,23). The molecule has 1 aromatic carbocycles. The van der Waals surface area contributed by atoms with Gasteiger partial charge in [0, 0.05) is 36.3 Å². The lowest BCUT2D eigenvalue weighted by atomic mass is 10.0. The minimum atomic E-state index is -4.74. The quantitative estimate of drug-likeness (QED) is 0.895. The minimum Gasteiger partial charge on any atom is -0.406 e. The molecule has 1 fully saturated rings. The lowest BCUT2D eigenvalue weighted by Crippen LogP contribution is -2.44. The molecule has 2 aromatic rings. The van der Waals surface area contributed by atoms with Crippen molar-refractivity contribution in [1.82, 2.24) is 10.3 Å². The Morgan fingerprint density at radius 3 is 2.48 bits per heavy atom. The molecule has 9 heteroatoms. The Morgan fingerprint density at radius 2 is 1.92 bits per heavy atom. The van der Waals surface area contributed by atoms with Crippen LogP contribution >= 0.6 is 11.3 Å². The van der Waals surface area contributed by atoms with Gasteiger partial charge in [0.05, 0.1) is 0 Å². The average Bonchev–Trinajstić information content (AvgIpc) is 3.09. The van der Waals surface area contributed by atoms with Gasteiger partial charge in [-0.25, -0.2) is 4.98 Å². The lowest BCUT2D eigenvalue weighted by molar-refractivity contribution is -0.274. The maximum Gasteiger partial charge on any atom is 0.573 e. The first-order valence-electron chi connectivity index (χ1n) is 7.72. The Kier molecular flexibility index (Phi) is 5.12. The van der Waals surface area contributed by atoms with Gasteiger partial charge in [-0.1, -0.05) is 0 Å². The molecule has 1 aliphatic heterocycles. The molecule has 5 nitrogen and oxygen atoms in total. The van der Waals surface area contributed by atoms with E-state index in [0.29, 0.717) is 5.56 Å². The van der Waals surface area contributed by atoms with Crippen LogP contribution in [0, 0.1) is 0 Å². The zero-order chi connectivity index (χ0) is 17.9. The monoisotopic (exact) mass is 371 g/mol. The highest BCUT2D eigenvalue weighted by atomic mass is 32.1. The topological polar surface area (TPSA) is 54.5 Å². The summed E-state index contributed by atoms with van der Waals surface area (Å²) < 4.78 is 40.2. The first-order valence-corrected chi connectivity index (χ1v) is 8.60. The van der Waals surface area contributed by atoms with Crippen LogP contribution in [0.2, 0.25) is 0 Å². The van der Waals surface area contributed by atoms with Crippen molar-refractivity contribution in [3.8, 4) is 5.75 Å². The van der Waals surface area contributed by atoms with E-state index in [1.54, 1.807) is 17.5 Å². The molecule has 1 N–H and O–H groups in total. The summed E-state index contributed by atoms with van der Waals surface area (Å²) in [5.74, 6) is -0.646. The average molecular weight is 371 g/mol. The van der Waals surface area contributed by atoms with E-state index in [-0.39, 0.29) is 17.7 Å². The van der Waals surface area contributed by atoms with Crippen LogP contribution in [0.25, 0.3) is 0 Å². The van der Waals surface area contributed by atoms with Gasteiger partial charge in [-0.05, 0) is 37.1 Å². The van der Waals surface area contributed by atoms with Gasteiger partial charge >= 0.3 is 6.36 Å². The number of halogens is 3. The number of benzene rings is 1. The van der Waals surface area contributed by atoms with Crippen LogP contribution in [0.3, 0.4) is 0 Å². The van der Waals surface area contributed by atoms with Crippen LogP contribution in [-0.2, 0) is 0 Å². The summed E-state index contributed by atoms with van der Waals surface area (Å²) >= 11 is 1.58. The molecule has 1 amide bonds. The van der Waals surface area contributed by atoms with Gasteiger partial charge < -0.3 is 15.0 Å². The molecule has 25 heavy (non-hydrogen) atoms. The smallest absolute Gasteiger partial charge is 0.406 e. The number of nitrogens with zero attached hydrogens (tertiary/aromatic N) is 2. The lowest BCUT2D eigenvalue weighted by Gasteiger charge is -2.32. The van der Waals surface area contributed by atoms with Gasteiger partial charge in [-0.3, -0.25) is 4.79 Å². The molecule has 0 aliphatic carbocycles. The van der Waals surface area contributed by atoms with Crippen molar-refractivity contribution in [3.63, 3.8) is 0 Å². The van der Waals surface area contributed by atoms with Gasteiger partial charge in [-0.2, -0.15) is 0 Å². The third-order valence-corrected chi connectivity index (χ3v) is 4.70. The van der Waals surface area contributed by atoms with Crippen LogP contribution in [-0.4, -0.2) is 36.4 Å². The number of hydrogen-bond acceptors (Lipinski definition) is 5. The molecule has 0 radical (unpaired) electrons. The Bertz CT molecular complexity index is 696. The Hall–Kier alpha value is -2.29. The molecule has 0 saturated carbocycles. The first kappa shape index (κ1) is 17.5. The summed E-state index contributed by atoms with van der Waals surface area (Å²) in [4.78, 5) is 18.7. The molecule has 0 bridgehead atoms. The summed E-state index contributed by atoms with van der Waals surface area (Å²) in [5, 5.41) is 5.83. The molecule has 1 aromatic heterocycles. The number of anilines is 1. The third kappa shape index (κ3) is 4.85. The van der Waals surface area contributed by atoms with Crippen LogP contribution in [0.15, 0.2) is 35.8 Å². The van der Waals surface area contributed by atoms with Crippen LogP contribution in [0.4, 0.5) is 18.3 Å². The SMILES string of the molecule is O=C(NC1CCN(c2nccs2)CC1)c1ccc(OC(F)(F)F)cc1. The normalized spacial score (nSPS) is 15.9. The number of alkyl halides is 3. The molecule has 0 unspecified atom stereocenters. The highest BCUT2D eigenvalue weighted by molar-refractivity contribution is 7.13. The number of ether oxygens (including phenoxy) is 1. The second-order valence-electron chi connectivity index (χ2n) is 5.62. The van der Waals surface area contributed by atoms with E-state index in [9.17, 15) is 18.0 Å². The second kappa shape index (κ2) is 7.30. The summed E-state index contributed by atoms with van der Waals surface area (Å²) in [6.45, 7) is 1.60. The summed E-state index contributed by atoms with van der Waals surface area (Å²) in [6.07, 6.45) is -1.39. The summed E-state index contributed by atoms with van der Waals surface area (Å²) in [7, 11) is 0. The largest absolute Gasteiger partial charge is 0.573 e.